The van der Waals surface area contributed by atoms with Crippen molar-refractivity contribution in [2.24, 2.45) is 5.92 Å². The standard InChI is InChI=1S/C22H29BrN2O4/c1-28-22(27)16-7-8-17-18(13-16)25(14-19(26)24-9-11-29-12-10-24)21(23)20(17)15-5-3-2-4-6-15/h7-8,13,15,20-21H,2-6,9-12,14H2,1H3. The molecule has 0 radical (unpaired) electrons. The van der Waals surface area contributed by atoms with E-state index in [0.29, 0.717) is 50.2 Å². The average Bonchev–Trinajstić information content (AvgIpc) is 3.05. The van der Waals surface area contributed by atoms with Crippen molar-refractivity contribution in [2.45, 2.75) is 43.0 Å². The van der Waals surface area contributed by atoms with Gasteiger partial charge in [-0.05, 0) is 36.5 Å². The number of rotatable bonds is 4. The first-order valence-electron chi connectivity index (χ1n) is 10.6. The fourth-order valence-electron chi connectivity index (χ4n) is 5.00. The normalized spacial score (nSPS) is 25.0. The summed E-state index contributed by atoms with van der Waals surface area (Å²) in [6.07, 6.45) is 6.28. The van der Waals surface area contributed by atoms with Crippen molar-refractivity contribution in [2.75, 3.05) is 44.9 Å². The summed E-state index contributed by atoms with van der Waals surface area (Å²) in [6, 6.07) is 5.81. The minimum atomic E-state index is -0.348. The number of benzene rings is 1. The summed E-state index contributed by atoms with van der Waals surface area (Å²) in [5.74, 6) is 0.685. The van der Waals surface area contributed by atoms with Crippen LogP contribution in [0.4, 0.5) is 5.69 Å². The van der Waals surface area contributed by atoms with Crippen LogP contribution >= 0.6 is 15.9 Å². The van der Waals surface area contributed by atoms with Gasteiger partial charge in [-0.1, -0.05) is 41.3 Å². The van der Waals surface area contributed by atoms with Crippen LogP contribution in [0.5, 0.6) is 0 Å². The second-order valence-corrected chi connectivity index (χ2v) is 9.12. The van der Waals surface area contributed by atoms with Crippen LogP contribution < -0.4 is 4.90 Å². The molecule has 2 aliphatic heterocycles. The smallest absolute Gasteiger partial charge is 0.337 e. The van der Waals surface area contributed by atoms with E-state index < -0.39 is 0 Å². The summed E-state index contributed by atoms with van der Waals surface area (Å²) >= 11 is 3.93. The van der Waals surface area contributed by atoms with Crippen LogP contribution in [-0.4, -0.2) is 61.7 Å². The molecule has 1 aromatic rings. The number of ether oxygens (including phenoxy) is 2. The van der Waals surface area contributed by atoms with Gasteiger partial charge in [0.15, 0.2) is 0 Å². The Labute approximate surface area is 180 Å². The minimum absolute atomic E-state index is 0.0542. The van der Waals surface area contributed by atoms with Gasteiger partial charge in [-0.25, -0.2) is 4.79 Å². The molecule has 2 atom stereocenters. The van der Waals surface area contributed by atoms with Crippen molar-refractivity contribution in [3.05, 3.63) is 29.3 Å². The van der Waals surface area contributed by atoms with Crippen LogP contribution in [0.15, 0.2) is 18.2 Å². The highest BCUT2D eigenvalue weighted by molar-refractivity contribution is 9.09. The lowest BCUT2D eigenvalue weighted by atomic mass is 9.77. The molecule has 1 aliphatic carbocycles. The summed E-state index contributed by atoms with van der Waals surface area (Å²) in [5.41, 5.74) is 2.74. The van der Waals surface area contributed by atoms with Crippen LogP contribution in [0.25, 0.3) is 0 Å². The lowest BCUT2D eigenvalue weighted by Crippen LogP contribution is -2.47. The molecule has 6 nitrogen and oxygen atoms in total. The van der Waals surface area contributed by atoms with E-state index in [9.17, 15) is 9.59 Å². The molecule has 2 heterocycles. The van der Waals surface area contributed by atoms with E-state index in [-0.39, 0.29) is 16.8 Å². The first-order valence-corrected chi connectivity index (χ1v) is 11.5. The number of halogens is 1. The Bertz CT molecular complexity index is 759. The Kier molecular flexibility index (Phi) is 6.44. The Hall–Kier alpha value is -1.60. The topological polar surface area (TPSA) is 59.1 Å². The molecule has 0 N–H and O–H groups in total. The van der Waals surface area contributed by atoms with Crippen molar-refractivity contribution in [3.63, 3.8) is 0 Å². The first-order chi connectivity index (χ1) is 14.1. The van der Waals surface area contributed by atoms with Gasteiger partial charge in [-0.3, -0.25) is 4.79 Å². The maximum Gasteiger partial charge on any atom is 0.337 e. The van der Waals surface area contributed by atoms with Crippen molar-refractivity contribution >= 4 is 33.5 Å². The highest BCUT2D eigenvalue weighted by atomic mass is 79.9. The van der Waals surface area contributed by atoms with Crippen LogP contribution in [0.1, 0.15) is 53.9 Å². The molecule has 2 fully saturated rings. The number of anilines is 1. The Balaban J connectivity index is 1.63. The van der Waals surface area contributed by atoms with Gasteiger partial charge in [-0.2, -0.15) is 0 Å². The molecule has 1 aromatic carbocycles. The van der Waals surface area contributed by atoms with Crippen LogP contribution in [0.3, 0.4) is 0 Å². The van der Waals surface area contributed by atoms with Gasteiger partial charge in [0.05, 0.1) is 37.4 Å². The third-order valence-corrected chi connectivity index (χ3v) is 7.61. The molecule has 29 heavy (non-hydrogen) atoms. The largest absolute Gasteiger partial charge is 0.465 e. The van der Waals surface area contributed by atoms with Crippen molar-refractivity contribution in [1.29, 1.82) is 0 Å². The number of nitrogens with zero attached hydrogens (tertiary/aromatic N) is 2. The minimum Gasteiger partial charge on any atom is -0.465 e. The predicted octanol–water partition coefficient (Wildman–Crippen LogP) is 3.54. The number of morpholine rings is 1. The molecule has 0 spiro atoms. The summed E-state index contributed by atoms with van der Waals surface area (Å²) in [4.78, 5) is 29.2. The van der Waals surface area contributed by atoms with Gasteiger partial charge in [-0.15, -0.1) is 0 Å². The molecular formula is C22H29BrN2O4. The predicted molar refractivity (Wildman–Crippen MR) is 115 cm³/mol. The maximum atomic E-state index is 13.0. The van der Waals surface area contributed by atoms with E-state index in [0.717, 1.165) is 5.69 Å². The second kappa shape index (κ2) is 9.04. The number of hydrogen-bond acceptors (Lipinski definition) is 5. The molecule has 1 saturated carbocycles. The van der Waals surface area contributed by atoms with E-state index in [4.69, 9.17) is 9.47 Å². The van der Waals surface area contributed by atoms with E-state index in [2.05, 4.69) is 26.9 Å². The SMILES string of the molecule is COC(=O)c1ccc2c(c1)N(CC(=O)N1CCOCC1)C(Br)C2C1CCCCC1. The lowest BCUT2D eigenvalue weighted by Gasteiger charge is -2.34. The second-order valence-electron chi connectivity index (χ2n) is 8.18. The molecule has 4 rings (SSSR count). The quantitative estimate of drug-likeness (QED) is 0.387. The number of fused-ring (bicyclic) bond motifs is 1. The van der Waals surface area contributed by atoms with E-state index in [1.165, 1.54) is 44.8 Å². The van der Waals surface area contributed by atoms with E-state index in [1.807, 2.05) is 17.0 Å². The van der Waals surface area contributed by atoms with Crippen molar-refractivity contribution < 1.29 is 19.1 Å². The van der Waals surface area contributed by atoms with Gasteiger partial charge >= 0.3 is 5.97 Å². The molecule has 158 valence electrons. The number of methoxy groups -OCH3 is 1. The maximum absolute atomic E-state index is 13.0. The number of esters is 1. The molecule has 1 saturated heterocycles. The van der Waals surface area contributed by atoms with Gasteiger partial charge in [0.1, 0.15) is 0 Å². The third kappa shape index (κ3) is 4.17. The van der Waals surface area contributed by atoms with Crippen LogP contribution in [-0.2, 0) is 14.3 Å². The zero-order valence-corrected chi connectivity index (χ0v) is 18.5. The first kappa shape index (κ1) is 20.7. The monoisotopic (exact) mass is 464 g/mol. The Morgan fingerprint density at radius 2 is 1.90 bits per heavy atom. The molecule has 0 bridgehead atoms. The van der Waals surface area contributed by atoms with Crippen LogP contribution in [0.2, 0.25) is 0 Å². The van der Waals surface area contributed by atoms with E-state index in [1.54, 1.807) is 0 Å². The van der Waals surface area contributed by atoms with Crippen molar-refractivity contribution in [1.82, 2.24) is 4.90 Å². The lowest BCUT2D eigenvalue weighted by molar-refractivity contribution is -0.133. The third-order valence-electron chi connectivity index (χ3n) is 6.54. The Morgan fingerprint density at radius 3 is 2.59 bits per heavy atom. The average molecular weight is 465 g/mol. The summed E-state index contributed by atoms with van der Waals surface area (Å²) in [6.45, 7) is 2.77. The molecule has 0 aromatic heterocycles. The number of alkyl halides is 1. The van der Waals surface area contributed by atoms with Gasteiger partial charge in [0.2, 0.25) is 5.91 Å². The fraction of sp³-hybridized carbons (Fsp3) is 0.636. The zero-order valence-electron chi connectivity index (χ0n) is 16.9. The number of carbonyl (C=O) groups excluding carboxylic acids is 2. The zero-order chi connectivity index (χ0) is 20.4. The number of hydrogen-bond donors (Lipinski definition) is 0. The molecule has 1 amide bonds. The molecular weight excluding hydrogens is 436 g/mol. The Morgan fingerprint density at radius 1 is 1.17 bits per heavy atom. The highest BCUT2D eigenvalue weighted by Crippen LogP contribution is 2.50. The summed E-state index contributed by atoms with van der Waals surface area (Å²) in [7, 11) is 1.40. The van der Waals surface area contributed by atoms with Crippen LogP contribution in [0, 0.1) is 5.92 Å². The van der Waals surface area contributed by atoms with Gasteiger partial charge < -0.3 is 19.3 Å². The molecule has 7 heteroatoms. The number of amides is 1. The number of carbonyl (C=O) groups is 2. The van der Waals surface area contributed by atoms with Crippen molar-refractivity contribution in [3.8, 4) is 0 Å². The van der Waals surface area contributed by atoms with E-state index >= 15 is 0 Å². The highest BCUT2D eigenvalue weighted by Gasteiger charge is 2.42. The molecule has 2 unspecified atom stereocenters. The fourth-order valence-corrected chi connectivity index (χ4v) is 6.08. The summed E-state index contributed by atoms with van der Waals surface area (Å²) in [5, 5.41) is 0. The summed E-state index contributed by atoms with van der Waals surface area (Å²) < 4.78 is 10.3. The van der Waals surface area contributed by atoms with Gasteiger partial charge in [0, 0.05) is 24.7 Å². The van der Waals surface area contributed by atoms with Gasteiger partial charge in [0.25, 0.3) is 0 Å². The molecule has 3 aliphatic rings.